The van der Waals surface area contributed by atoms with E-state index in [2.05, 4.69) is 0 Å². The van der Waals surface area contributed by atoms with E-state index in [9.17, 15) is 9.18 Å². The van der Waals surface area contributed by atoms with Crippen molar-refractivity contribution in [3.63, 3.8) is 0 Å². The zero-order chi connectivity index (χ0) is 12.2. The number of nitrogens with zero attached hydrogens (tertiary/aromatic N) is 2. The lowest BCUT2D eigenvalue weighted by atomic mass is 10.4. The fraction of sp³-hybridized carbons (Fsp3) is 0.857. The molecule has 4 nitrogen and oxygen atoms in total. The maximum atomic E-state index is 12.4. The molecule has 0 aliphatic carbocycles. The van der Waals surface area contributed by atoms with Crippen LogP contribution in [-0.4, -0.2) is 41.4 Å². The Balaban J connectivity index is 4.70. The van der Waals surface area contributed by atoms with Gasteiger partial charge in [0.2, 0.25) is 0 Å². The Morgan fingerprint density at radius 3 is 2.33 bits per heavy atom. The molecule has 1 unspecified atom stereocenters. The molecule has 0 rings (SSSR count). The van der Waals surface area contributed by atoms with E-state index in [1.807, 2.05) is 13.8 Å². The maximum Gasteiger partial charge on any atom is 0.410 e. The first-order valence-corrected chi connectivity index (χ1v) is 8.11. The Labute approximate surface area is 99.5 Å². The highest BCUT2D eigenvalue weighted by Crippen LogP contribution is 2.52. The van der Waals surface area contributed by atoms with E-state index in [0.29, 0.717) is 0 Å². The Hall–Kier alpha value is 0.320. The fourth-order valence-electron chi connectivity index (χ4n) is 0.818. The van der Waals surface area contributed by atoms with Crippen LogP contribution in [-0.2, 0) is 16.3 Å². The van der Waals surface area contributed by atoms with Gasteiger partial charge in [0, 0.05) is 26.9 Å². The highest BCUT2D eigenvalue weighted by molar-refractivity contribution is 8.16. The Bertz CT molecular complexity index is 278. The first kappa shape index (κ1) is 15.3. The number of amides is 1. The van der Waals surface area contributed by atoms with Gasteiger partial charge in [-0.2, -0.15) is 4.08 Å². The molecule has 0 spiro atoms. The summed E-state index contributed by atoms with van der Waals surface area (Å²) < 4.78 is 20.2. The van der Waals surface area contributed by atoms with Crippen molar-refractivity contribution in [3.05, 3.63) is 0 Å². The number of halogens is 1. The molecule has 0 saturated heterocycles. The van der Waals surface area contributed by atoms with Crippen LogP contribution in [0.25, 0.3) is 0 Å². The molecule has 0 saturated carbocycles. The zero-order valence-corrected chi connectivity index (χ0v) is 12.0. The number of carbonyl (C=O) groups is 1. The third-order valence-electron chi connectivity index (χ3n) is 1.59. The minimum absolute atomic E-state index is 0.0626. The molecule has 0 N–H and O–H groups in total. The predicted octanol–water partition coefficient (Wildman–Crippen LogP) is 2.87. The van der Waals surface area contributed by atoms with Crippen molar-refractivity contribution < 1.29 is 13.7 Å². The van der Waals surface area contributed by atoms with Crippen LogP contribution in [0, 0.1) is 0 Å². The molecule has 15 heavy (non-hydrogen) atoms. The predicted molar refractivity (Wildman–Crippen MR) is 66.1 cm³/mol. The Morgan fingerprint density at radius 2 is 2.07 bits per heavy atom. The Morgan fingerprint density at radius 1 is 1.60 bits per heavy atom. The molecule has 0 fully saturated rings. The van der Waals surface area contributed by atoms with Gasteiger partial charge < -0.3 is 4.52 Å². The van der Waals surface area contributed by atoms with Gasteiger partial charge in [0.15, 0.2) is 0 Å². The van der Waals surface area contributed by atoms with E-state index in [1.54, 1.807) is 10.7 Å². The summed E-state index contributed by atoms with van der Waals surface area (Å²) in [6, 6.07) is 0.0626. The van der Waals surface area contributed by atoms with Crippen molar-refractivity contribution in [2.75, 3.05) is 20.8 Å². The lowest BCUT2D eigenvalue weighted by Crippen LogP contribution is -2.27. The summed E-state index contributed by atoms with van der Waals surface area (Å²) in [6.45, 7) is 5.60. The van der Waals surface area contributed by atoms with E-state index in [0.717, 1.165) is 16.4 Å². The fourth-order valence-corrected chi connectivity index (χ4v) is 4.22. The van der Waals surface area contributed by atoms with Gasteiger partial charge in [-0.3, -0.25) is 0 Å². The first-order valence-electron chi connectivity index (χ1n) is 4.26. The molecule has 1 atom stereocenters. The summed E-state index contributed by atoms with van der Waals surface area (Å²) in [6.07, 6.45) is -3.67. The molecule has 1 amide bonds. The van der Waals surface area contributed by atoms with Crippen molar-refractivity contribution in [2.24, 2.45) is 0 Å². The number of hydrogen-bond donors (Lipinski definition) is 0. The van der Waals surface area contributed by atoms with E-state index >= 15 is 0 Å². The third-order valence-corrected chi connectivity index (χ3v) is 6.86. The van der Waals surface area contributed by atoms with Crippen molar-refractivity contribution in [3.8, 4) is 0 Å². The van der Waals surface area contributed by atoms with Gasteiger partial charge in [-0.25, -0.2) is 9.10 Å². The van der Waals surface area contributed by atoms with Crippen molar-refractivity contribution >= 4 is 36.5 Å². The molecule has 0 heterocycles. The summed E-state index contributed by atoms with van der Waals surface area (Å²) in [5, 5.41) is 0. The molecule has 0 aromatic heterocycles. The molecular weight excluding hydrogens is 258 g/mol. The van der Waals surface area contributed by atoms with Crippen LogP contribution in [0.15, 0.2) is 0 Å². The van der Waals surface area contributed by atoms with Crippen molar-refractivity contribution in [2.45, 2.75) is 19.9 Å². The molecule has 0 bridgehead atoms. The summed E-state index contributed by atoms with van der Waals surface area (Å²) in [4.78, 5) is 10.5. The second-order valence-electron chi connectivity index (χ2n) is 3.21. The largest absolute Gasteiger partial charge is 0.410 e. The highest BCUT2D eigenvalue weighted by Gasteiger charge is 2.27. The molecule has 0 aliphatic heterocycles. The van der Waals surface area contributed by atoms with E-state index in [1.165, 1.54) is 14.2 Å². The quantitative estimate of drug-likeness (QED) is 0.333. The summed E-state index contributed by atoms with van der Waals surface area (Å²) in [5.74, 6) is 0. The monoisotopic (exact) mass is 274 g/mol. The van der Waals surface area contributed by atoms with Gasteiger partial charge in [0.25, 0.3) is 0 Å². The van der Waals surface area contributed by atoms with E-state index in [-0.39, 0.29) is 6.04 Å². The van der Waals surface area contributed by atoms with Crippen LogP contribution in [0.1, 0.15) is 13.8 Å². The zero-order valence-electron chi connectivity index (χ0n) is 9.43. The maximum absolute atomic E-state index is 12.4. The van der Waals surface area contributed by atoms with Crippen LogP contribution < -0.4 is 0 Å². The van der Waals surface area contributed by atoms with Crippen LogP contribution >= 0.6 is 18.5 Å². The average Bonchev–Trinajstić information content (AvgIpc) is 2.12. The minimum atomic E-state index is -2.16. The van der Waals surface area contributed by atoms with Gasteiger partial charge >= 0.3 is 6.16 Å². The molecule has 0 aromatic carbocycles. The van der Waals surface area contributed by atoms with Crippen molar-refractivity contribution in [1.29, 1.82) is 0 Å². The summed E-state index contributed by atoms with van der Waals surface area (Å²) in [7, 11) is 2.88. The van der Waals surface area contributed by atoms with Gasteiger partial charge in [-0.1, -0.05) is 0 Å². The normalized spacial score (nSPS) is 15.5. The molecule has 8 heteroatoms. The average molecular weight is 274 g/mol. The van der Waals surface area contributed by atoms with Gasteiger partial charge in [0.05, 0.1) is 12.1 Å². The number of hydrogen-bond acceptors (Lipinski definition) is 4. The van der Waals surface area contributed by atoms with Gasteiger partial charge in [-0.05, 0) is 25.7 Å². The Kier molecular flexibility index (Phi) is 6.28. The second-order valence-corrected chi connectivity index (χ2v) is 9.02. The third kappa shape index (κ3) is 4.78. The second kappa shape index (κ2) is 6.15. The van der Waals surface area contributed by atoms with Crippen LogP contribution in [0.2, 0.25) is 0 Å². The molecule has 0 radical (unpaired) electrons. The number of rotatable bonds is 5. The standard InChI is InChI=1S/C7H16FN2O2PS2/c1-6(2)10(13(5,14)12-4)15-9(3)7(8)11/h6H,1-5H3. The van der Waals surface area contributed by atoms with E-state index in [4.69, 9.17) is 16.3 Å². The van der Waals surface area contributed by atoms with Gasteiger partial charge in [0.1, 0.15) is 6.42 Å². The lowest BCUT2D eigenvalue weighted by Gasteiger charge is -2.34. The summed E-state index contributed by atoms with van der Waals surface area (Å²) in [5.41, 5.74) is 0. The summed E-state index contributed by atoms with van der Waals surface area (Å²) >= 11 is 6.24. The highest BCUT2D eigenvalue weighted by atomic mass is 32.5. The number of carbonyl (C=O) groups excluding carboxylic acids is 1. The van der Waals surface area contributed by atoms with Crippen LogP contribution in [0.3, 0.4) is 0 Å². The van der Waals surface area contributed by atoms with Crippen LogP contribution in [0.5, 0.6) is 0 Å². The molecular formula is C7H16FN2O2PS2. The van der Waals surface area contributed by atoms with Crippen molar-refractivity contribution in [1.82, 2.24) is 8.38 Å². The van der Waals surface area contributed by atoms with Gasteiger partial charge in [-0.15, -0.1) is 4.39 Å². The van der Waals surface area contributed by atoms with E-state index < -0.39 is 12.6 Å². The molecule has 90 valence electrons. The molecule has 0 aliphatic rings. The first-order chi connectivity index (χ1) is 6.72. The lowest BCUT2D eigenvalue weighted by molar-refractivity contribution is 0.209. The minimum Gasteiger partial charge on any atom is -0.341 e. The smallest absolute Gasteiger partial charge is 0.341 e. The topological polar surface area (TPSA) is 32.8 Å². The SMILES string of the molecule is COP(C)(=S)N(SN(C)C(=O)F)C(C)C. The van der Waals surface area contributed by atoms with Crippen LogP contribution in [0.4, 0.5) is 9.18 Å². The molecule has 0 aromatic rings.